The van der Waals surface area contributed by atoms with Crippen LogP contribution in [0.2, 0.25) is 0 Å². The number of nitrogens with zero attached hydrogens (tertiary/aromatic N) is 2. The Bertz CT molecular complexity index is 798. The fourth-order valence-electron chi connectivity index (χ4n) is 7.02. The number of halogens is 1. The number of likely N-dealkylation sites (tertiary alicyclic amines) is 1. The van der Waals surface area contributed by atoms with Gasteiger partial charge < -0.3 is 15.5 Å². The van der Waals surface area contributed by atoms with E-state index in [1.165, 1.54) is 32.1 Å². The Hall–Kier alpha value is -1.59. The van der Waals surface area contributed by atoms with Gasteiger partial charge >= 0.3 is 0 Å². The van der Waals surface area contributed by atoms with Crippen LogP contribution in [-0.2, 0) is 9.59 Å². The number of carbonyl (C=O) groups is 2. The molecule has 2 amide bonds. The van der Waals surface area contributed by atoms with Gasteiger partial charge in [0.15, 0.2) is 0 Å². The lowest BCUT2D eigenvalue weighted by molar-refractivity contribution is -0.158. The fraction of sp³-hybridized carbons (Fsp3) is 0.692. The Morgan fingerprint density at radius 3 is 2.47 bits per heavy atom. The normalized spacial score (nSPS) is 31.5. The zero-order chi connectivity index (χ0) is 21.4. The van der Waals surface area contributed by atoms with Gasteiger partial charge in [0, 0.05) is 31.6 Å². The topological polar surface area (TPSA) is 66.6 Å². The van der Waals surface area contributed by atoms with Crippen molar-refractivity contribution in [2.75, 3.05) is 13.1 Å². The summed E-state index contributed by atoms with van der Waals surface area (Å²) in [5.74, 6) is 1.95. The molecule has 3 aliphatic heterocycles. The quantitative estimate of drug-likeness (QED) is 0.729. The molecule has 1 aliphatic carbocycles. The molecule has 2 bridgehead atoms. The maximum Gasteiger partial charge on any atom is 0.244 e. The summed E-state index contributed by atoms with van der Waals surface area (Å²) in [6.45, 7) is 1.50. The third-order valence-corrected chi connectivity index (χ3v) is 8.53. The van der Waals surface area contributed by atoms with Crippen molar-refractivity contribution in [2.24, 2.45) is 23.5 Å². The number of fused-ring (bicyclic) bond motifs is 4. The van der Waals surface area contributed by atoms with Gasteiger partial charge in [-0.3, -0.25) is 9.59 Å². The van der Waals surface area contributed by atoms with E-state index < -0.39 is 6.04 Å². The van der Waals surface area contributed by atoms with Gasteiger partial charge in [-0.15, -0.1) is 12.4 Å². The average molecular weight is 460 g/mol. The van der Waals surface area contributed by atoms with Crippen LogP contribution in [-0.4, -0.2) is 46.8 Å². The van der Waals surface area contributed by atoms with Crippen LogP contribution in [0.5, 0.6) is 0 Å². The molecular weight excluding hydrogens is 422 g/mol. The van der Waals surface area contributed by atoms with E-state index in [0.29, 0.717) is 36.2 Å². The van der Waals surface area contributed by atoms with Gasteiger partial charge in [0.1, 0.15) is 6.04 Å². The summed E-state index contributed by atoms with van der Waals surface area (Å²) in [5.41, 5.74) is 7.29. The number of rotatable bonds is 4. The molecule has 1 saturated carbocycles. The first kappa shape index (κ1) is 23.6. The van der Waals surface area contributed by atoms with Gasteiger partial charge in [-0.2, -0.15) is 0 Å². The lowest BCUT2D eigenvalue weighted by Crippen LogP contribution is -2.66. The van der Waals surface area contributed by atoms with E-state index in [2.05, 4.69) is 4.90 Å². The van der Waals surface area contributed by atoms with E-state index in [1.54, 1.807) is 0 Å². The van der Waals surface area contributed by atoms with Gasteiger partial charge in [-0.25, -0.2) is 0 Å². The molecule has 5 rings (SSSR count). The lowest BCUT2D eigenvalue weighted by Gasteiger charge is -2.57. The predicted octanol–water partition coefficient (Wildman–Crippen LogP) is 4.31. The molecule has 0 spiro atoms. The maximum absolute atomic E-state index is 13.4. The van der Waals surface area contributed by atoms with E-state index in [9.17, 15) is 9.59 Å². The Kier molecular flexibility index (Phi) is 7.46. The maximum atomic E-state index is 13.4. The van der Waals surface area contributed by atoms with Gasteiger partial charge in [0.25, 0.3) is 0 Å². The fourth-order valence-corrected chi connectivity index (χ4v) is 7.02. The highest BCUT2D eigenvalue weighted by atomic mass is 35.5. The minimum atomic E-state index is -0.596. The number of hydrogen-bond donors (Lipinski definition) is 1. The van der Waals surface area contributed by atoms with Crippen LogP contribution in [0, 0.1) is 17.8 Å². The molecule has 0 unspecified atom stereocenters. The largest absolute Gasteiger partial charge is 0.340 e. The van der Waals surface area contributed by atoms with E-state index in [0.717, 1.165) is 50.3 Å². The summed E-state index contributed by atoms with van der Waals surface area (Å²) in [5, 5.41) is 0. The first-order chi connectivity index (χ1) is 15.1. The second-order valence-corrected chi connectivity index (χ2v) is 10.5. The zero-order valence-corrected chi connectivity index (χ0v) is 19.8. The van der Waals surface area contributed by atoms with Crippen LogP contribution in [0.3, 0.4) is 0 Å². The lowest BCUT2D eigenvalue weighted by atomic mass is 9.69. The van der Waals surface area contributed by atoms with Crippen molar-refractivity contribution in [3.63, 3.8) is 0 Å². The highest BCUT2D eigenvalue weighted by molar-refractivity contribution is 5.85. The van der Waals surface area contributed by atoms with E-state index >= 15 is 0 Å². The van der Waals surface area contributed by atoms with E-state index in [1.807, 2.05) is 35.2 Å². The molecule has 176 valence electrons. The number of carbonyl (C=O) groups excluding carboxylic acids is 2. The predicted molar refractivity (Wildman–Crippen MR) is 128 cm³/mol. The number of benzene rings is 1. The van der Waals surface area contributed by atoms with Gasteiger partial charge in [0.2, 0.25) is 11.8 Å². The molecular formula is C26H38ClN3O2. The average Bonchev–Trinajstić information content (AvgIpc) is 2.82. The van der Waals surface area contributed by atoms with Gasteiger partial charge in [0.05, 0.1) is 0 Å². The molecule has 32 heavy (non-hydrogen) atoms. The minimum absolute atomic E-state index is 0. The standard InChI is InChI=1S/C26H37N3O2.ClH/c27-25(19-10-5-2-6-11-19)26(31)28-16-20-15-21(17-28)23(14-18-8-3-1-4-9-18)29-22(20)12-7-13-24(29)30;/h2,5-6,10-11,18,20-23,25H,1,3-4,7-9,12-17,27H2;1H/t20-,21+,22+,23+,25+;/m1./s1. The number of amides is 2. The molecule has 5 nitrogen and oxygen atoms in total. The molecule has 6 heteroatoms. The third kappa shape index (κ3) is 4.56. The molecule has 4 fully saturated rings. The SMILES string of the molecule is Cl.N[C@H](C(=O)N1C[C@H]2C[C@@H](C1)[C@H](CC1CCCCC1)N1C(=O)CCC[C@@H]21)c1ccccc1. The number of nitrogens with two attached hydrogens (primary N) is 1. The minimum Gasteiger partial charge on any atom is -0.340 e. The molecule has 4 aliphatic rings. The van der Waals surface area contributed by atoms with Crippen molar-refractivity contribution in [2.45, 2.75) is 82.3 Å². The van der Waals surface area contributed by atoms with Crippen LogP contribution >= 0.6 is 12.4 Å². The van der Waals surface area contributed by atoms with Crippen molar-refractivity contribution in [3.05, 3.63) is 35.9 Å². The molecule has 5 atom stereocenters. The van der Waals surface area contributed by atoms with Crippen molar-refractivity contribution >= 4 is 24.2 Å². The van der Waals surface area contributed by atoms with Crippen LogP contribution in [0.1, 0.15) is 75.8 Å². The smallest absolute Gasteiger partial charge is 0.244 e. The Morgan fingerprint density at radius 1 is 1.00 bits per heavy atom. The van der Waals surface area contributed by atoms with Gasteiger partial charge in [-0.05, 0) is 49.0 Å². The summed E-state index contributed by atoms with van der Waals surface area (Å²) in [6, 6.07) is 9.76. The Balaban J connectivity index is 0.00000245. The molecule has 0 aromatic heterocycles. The summed E-state index contributed by atoms with van der Waals surface area (Å²) in [6.07, 6.45) is 11.7. The molecule has 0 radical (unpaired) electrons. The van der Waals surface area contributed by atoms with Crippen LogP contribution in [0.25, 0.3) is 0 Å². The summed E-state index contributed by atoms with van der Waals surface area (Å²) >= 11 is 0. The highest BCUT2D eigenvalue weighted by Crippen LogP contribution is 2.45. The third-order valence-electron chi connectivity index (χ3n) is 8.53. The number of piperidine rings is 3. The zero-order valence-electron chi connectivity index (χ0n) is 19.0. The van der Waals surface area contributed by atoms with Crippen LogP contribution in [0.4, 0.5) is 0 Å². The van der Waals surface area contributed by atoms with Crippen molar-refractivity contribution < 1.29 is 9.59 Å². The van der Waals surface area contributed by atoms with E-state index in [4.69, 9.17) is 5.73 Å². The number of hydrogen-bond acceptors (Lipinski definition) is 3. The summed E-state index contributed by atoms with van der Waals surface area (Å²) in [7, 11) is 0. The molecule has 1 aromatic rings. The second-order valence-electron chi connectivity index (χ2n) is 10.5. The first-order valence-corrected chi connectivity index (χ1v) is 12.5. The monoisotopic (exact) mass is 459 g/mol. The molecule has 1 aromatic carbocycles. The van der Waals surface area contributed by atoms with Crippen LogP contribution < -0.4 is 5.73 Å². The van der Waals surface area contributed by atoms with Crippen molar-refractivity contribution in [1.29, 1.82) is 0 Å². The Labute approximate surface area is 198 Å². The van der Waals surface area contributed by atoms with Crippen molar-refractivity contribution in [3.8, 4) is 0 Å². The molecule has 3 saturated heterocycles. The van der Waals surface area contributed by atoms with Crippen molar-refractivity contribution in [1.82, 2.24) is 9.80 Å². The second kappa shape index (κ2) is 10.1. The summed E-state index contributed by atoms with van der Waals surface area (Å²) < 4.78 is 0. The highest BCUT2D eigenvalue weighted by Gasteiger charge is 2.50. The summed E-state index contributed by atoms with van der Waals surface area (Å²) in [4.78, 5) is 30.8. The van der Waals surface area contributed by atoms with Gasteiger partial charge in [-0.1, -0.05) is 62.4 Å². The first-order valence-electron chi connectivity index (χ1n) is 12.5. The Morgan fingerprint density at radius 2 is 1.72 bits per heavy atom. The molecule has 3 heterocycles. The molecule has 2 N–H and O–H groups in total. The van der Waals surface area contributed by atoms with E-state index in [-0.39, 0.29) is 18.3 Å². The van der Waals surface area contributed by atoms with Crippen LogP contribution in [0.15, 0.2) is 30.3 Å².